The van der Waals surface area contributed by atoms with Crippen molar-refractivity contribution in [1.29, 1.82) is 0 Å². The molecule has 0 radical (unpaired) electrons. The van der Waals surface area contributed by atoms with E-state index in [1.54, 1.807) is 13.8 Å². The molecule has 2 rings (SSSR count). The van der Waals surface area contributed by atoms with Crippen molar-refractivity contribution in [2.45, 2.75) is 64.2 Å². The van der Waals surface area contributed by atoms with Gasteiger partial charge in [0.25, 0.3) is 5.69 Å². The van der Waals surface area contributed by atoms with Gasteiger partial charge in [-0.1, -0.05) is 13.8 Å². The Morgan fingerprint density at radius 3 is 2.30 bits per heavy atom. The average molecular weight is 443 g/mol. The molecule has 9 nitrogen and oxygen atoms in total. The molecule has 1 fully saturated rings. The van der Waals surface area contributed by atoms with Crippen molar-refractivity contribution in [1.82, 2.24) is 9.21 Å². The first kappa shape index (κ1) is 24.5. The van der Waals surface area contributed by atoms with Crippen LogP contribution in [0.3, 0.4) is 0 Å². The van der Waals surface area contributed by atoms with Crippen molar-refractivity contribution in [3.8, 4) is 0 Å². The number of hydrogen-bond acceptors (Lipinski definition) is 7. The van der Waals surface area contributed by atoms with Crippen LogP contribution in [0.15, 0.2) is 23.1 Å². The second kappa shape index (κ2) is 9.59. The number of sulfonamides is 1. The molecule has 0 aromatic heterocycles. The maximum atomic E-state index is 12.7. The smallest absolute Gasteiger partial charge is 0.293 e. The number of hydrogen-bond donors (Lipinski definition) is 1. The lowest BCUT2D eigenvalue weighted by Gasteiger charge is -2.45. The SMILES string of the molecule is CCN(CC)S(=O)(=O)c1ccc(NCC(C)(C)N2CC(C)OC(C)C2)c([N+](=O)[O-])c1. The van der Waals surface area contributed by atoms with Gasteiger partial charge in [-0.2, -0.15) is 4.31 Å². The molecular formula is C20H34N4O5S. The highest BCUT2D eigenvalue weighted by molar-refractivity contribution is 7.89. The lowest BCUT2D eigenvalue weighted by atomic mass is 10.00. The molecule has 2 atom stereocenters. The molecule has 0 aliphatic carbocycles. The molecule has 30 heavy (non-hydrogen) atoms. The molecule has 1 N–H and O–H groups in total. The normalized spacial score (nSPS) is 21.0. The Morgan fingerprint density at radius 2 is 1.80 bits per heavy atom. The average Bonchev–Trinajstić information content (AvgIpc) is 2.66. The number of nitro groups is 1. The second-order valence-electron chi connectivity index (χ2n) is 8.35. The molecule has 1 aromatic carbocycles. The van der Waals surface area contributed by atoms with Crippen LogP contribution in [0.4, 0.5) is 11.4 Å². The number of morpholine rings is 1. The predicted octanol–water partition coefficient (Wildman–Crippen LogP) is 2.93. The minimum absolute atomic E-state index is 0.0708. The van der Waals surface area contributed by atoms with Gasteiger partial charge in [0.05, 0.1) is 22.0 Å². The van der Waals surface area contributed by atoms with Crippen LogP contribution in [0.2, 0.25) is 0 Å². The first-order valence-electron chi connectivity index (χ1n) is 10.3. The van der Waals surface area contributed by atoms with E-state index in [0.29, 0.717) is 25.3 Å². The van der Waals surface area contributed by atoms with Gasteiger partial charge in [-0.3, -0.25) is 15.0 Å². The molecule has 0 spiro atoms. The van der Waals surface area contributed by atoms with Crippen LogP contribution in [0.1, 0.15) is 41.5 Å². The third kappa shape index (κ3) is 5.48. The molecule has 1 heterocycles. The molecule has 1 saturated heterocycles. The largest absolute Gasteiger partial charge is 0.378 e. The van der Waals surface area contributed by atoms with Crippen molar-refractivity contribution in [3.05, 3.63) is 28.3 Å². The first-order valence-corrected chi connectivity index (χ1v) is 11.8. The Balaban J connectivity index is 2.25. The Hall–Kier alpha value is -1.75. The molecular weight excluding hydrogens is 408 g/mol. The van der Waals surface area contributed by atoms with Crippen molar-refractivity contribution in [2.24, 2.45) is 0 Å². The Labute approximate surface area is 179 Å². The molecule has 1 aliphatic heterocycles. The summed E-state index contributed by atoms with van der Waals surface area (Å²) in [7, 11) is -3.77. The highest BCUT2D eigenvalue weighted by Gasteiger charge is 2.34. The molecule has 170 valence electrons. The van der Waals surface area contributed by atoms with E-state index in [9.17, 15) is 18.5 Å². The zero-order valence-electron chi connectivity index (χ0n) is 18.7. The van der Waals surface area contributed by atoms with Crippen molar-refractivity contribution >= 4 is 21.4 Å². The number of nitro benzene ring substituents is 1. The second-order valence-corrected chi connectivity index (χ2v) is 10.3. The van der Waals surface area contributed by atoms with Crippen molar-refractivity contribution in [2.75, 3.05) is 38.0 Å². The van der Waals surface area contributed by atoms with Crippen LogP contribution >= 0.6 is 0 Å². The van der Waals surface area contributed by atoms with Crippen molar-refractivity contribution in [3.63, 3.8) is 0 Å². The maximum Gasteiger partial charge on any atom is 0.293 e. The van der Waals surface area contributed by atoms with E-state index in [1.165, 1.54) is 16.4 Å². The van der Waals surface area contributed by atoms with Gasteiger partial charge < -0.3 is 10.1 Å². The minimum atomic E-state index is -3.77. The quantitative estimate of drug-likeness (QED) is 0.463. The zero-order valence-corrected chi connectivity index (χ0v) is 19.5. The lowest BCUT2D eigenvalue weighted by Crippen LogP contribution is -2.57. The summed E-state index contributed by atoms with van der Waals surface area (Å²) in [5.74, 6) is 0. The molecule has 1 aromatic rings. The Morgan fingerprint density at radius 1 is 1.23 bits per heavy atom. The molecule has 0 amide bonds. The molecule has 0 saturated carbocycles. The summed E-state index contributed by atoms with van der Waals surface area (Å²) in [5, 5.41) is 14.8. The number of anilines is 1. The maximum absolute atomic E-state index is 12.7. The number of nitrogens with zero attached hydrogens (tertiary/aromatic N) is 3. The fourth-order valence-corrected chi connectivity index (χ4v) is 5.26. The van der Waals surface area contributed by atoms with Gasteiger partial charge in [0, 0.05) is 44.3 Å². The van der Waals surface area contributed by atoms with Gasteiger partial charge >= 0.3 is 0 Å². The third-order valence-corrected chi connectivity index (χ3v) is 7.54. The van der Waals surface area contributed by atoms with Crippen LogP contribution in [-0.2, 0) is 14.8 Å². The number of nitrogens with one attached hydrogen (secondary N) is 1. The molecule has 10 heteroatoms. The molecule has 1 aliphatic rings. The van der Waals surface area contributed by atoms with E-state index in [1.807, 2.05) is 13.8 Å². The van der Waals surface area contributed by atoms with Crippen LogP contribution in [0.5, 0.6) is 0 Å². The fourth-order valence-electron chi connectivity index (χ4n) is 3.78. The van der Waals surface area contributed by atoms with E-state index < -0.39 is 14.9 Å². The summed E-state index contributed by atoms with van der Waals surface area (Å²) in [6, 6.07) is 4.05. The third-order valence-electron chi connectivity index (χ3n) is 5.50. The van der Waals surface area contributed by atoms with E-state index in [-0.39, 0.29) is 28.3 Å². The summed E-state index contributed by atoms with van der Waals surface area (Å²) in [6.07, 6.45) is 0.235. The van der Waals surface area contributed by atoms with E-state index in [4.69, 9.17) is 4.74 Å². The summed E-state index contributed by atoms with van der Waals surface area (Å²) in [6.45, 7) is 14.3. The zero-order chi connectivity index (χ0) is 22.7. The summed E-state index contributed by atoms with van der Waals surface area (Å²) in [4.78, 5) is 13.3. The number of ether oxygens (including phenoxy) is 1. The number of benzene rings is 1. The first-order chi connectivity index (χ1) is 13.9. The topological polar surface area (TPSA) is 105 Å². The summed E-state index contributed by atoms with van der Waals surface area (Å²) >= 11 is 0. The minimum Gasteiger partial charge on any atom is -0.378 e. The molecule has 0 bridgehead atoms. The Bertz CT molecular complexity index is 845. The summed E-state index contributed by atoms with van der Waals surface area (Å²) in [5.41, 5.74) is -0.213. The highest BCUT2D eigenvalue weighted by atomic mass is 32.2. The number of rotatable bonds is 9. The van der Waals surface area contributed by atoms with Crippen LogP contribution in [0.25, 0.3) is 0 Å². The van der Waals surface area contributed by atoms with Crippen LogP contribution in [-0.4, -0.2) is 73.0 Å². The highest BCUT2D eigenvalue weighted by Crippen LogP contribution is 2.30. The van der Waals surface area contributed by atoms with E-state index in [2.05, 4.69) is 24.1 Å². The van der Waals surface area contributed by atoms with E-state index in [0.717, 1.165) is 19.2 Å². The van der Waals surface area contributed by atoms with Gasteiger partial charge in [-0.05, 0) is 39.8 Å². The van der Waals surface area contributed by atoms with E-state index >= 15 is 0 Å². The Kier molecular flexibility index (Phi) is 7.84. The standard InChI is InChI=1S/C20H34N4O5S/c1-7-23(8-2)30(27,28)17-9-10-18(19(11-17)24(25)26)21-14-20(5,6)22-12-15(3)29-16(4)13-22/h9-11,15-16,21H,7-8,12-14H2,1-6H3. The van der Waals surface area contributed by atoms with Gasteiger partial charge in [0.2, 0.25) is 10.0 Å². The van der Waals surface area contributed by atoms with Gasteiger partial charge in [-0.15, -0.1) is 0 Å². The fraction of sp³-hybridized carbons (Fsp3) is 0.700. The van der Waals surface area contributed by atoms with Gasteiger partial charge in [0.1, 0.15) is 5.69 Å². The summed E-state index contributed by atoms with van der Waals surface area (Å²) < 4.78 is 32.5. The monoisotopic (exact) mass is 442 g/mol. The van der Waals surface area contributed by atoms with Gasteiger partial charge in [-0.25, -0.2) is 8.42 Å². The van der Waals surface area contributed by atoms with Crippen LogP contribution in [0, 0.1) is 10.1 Å². The van der Waals surface area contributed by atoms with Crippen LogP contribution < -0.4 is 5.32 Å². The lowest BCUT2D eigenvalue weighted by molar-refractivity contribution is -0.384. The molecule has 2 unspecified atom stereocenters. The predicted molar refractivity (Wildman–Crippen MR) is 117 cm³/mol. The van der Waals surface area contributed by atoms with Gasteiger partial charge in [0.15, 0.2) is 0 Å². The van der Waals surface area contributed by atoms with Crippen molar-refractivity contribution < 1.29 is 18.1 Å².